The molecule has 0 amide bonds. The maximum absolute atomic E-state index is 12.1. The lowest BCUT2D eigenvalue weighted by atomic mass is 9.78. The molecule has 16 aromatic rings. The molecule has 0 aliphatic carbocycles. The van der Waals surface area contributed by atoms with Gasteiger partial charge in [0.15, 0.2) is 28.9 Å². The maximum Gasteiger partial charge on any atom is 0.193 e. The van der Waals surface area contributed by atoms with Gasteiger partial charge in [0.05, 0.1) is 0 Å². The molecule has 0 saturated carbocycles. The van der Waals surface area contributed by atoms with Crippen molar-refractivity contribution in [1.29, 1.82) is 0 Å². The summed E-state index contributed by atoms with van der Waals surface area (Å²) < 4.78 is 5.69. The minimum absolute atomic E-state index is 0.0376. The highest BCUT2D eigenvalue weighted by atomic mass is 32.2. The molecule has 16 rings (SSSR count). The summed E-state index contributed by atoms with van der Waals surface area (Å²) in [6.45, 7) is 37.3. The molecule has 0 fully saturated rings. The third-order valence-electron chi connectivity index (χ3n) is 21.6. The molecule has 6 nitrogen and oxygen atoms in total. The van der Waals surface area contributed by atoms with E-state index in [1.165, 1.54) is 87.7 Å². The maximum atomic E-state index is 12.1. The molecule has 0 aliphatic rings. The molecule has 0 saturated heterocycles. The molecule has 0 radical (unpaired) electrons. The summed E-state index contributed by atoms with van der Waals surface area (Å²) in [6, 6.07) is 128. The van der Waals surface area contributed by atoms with Gasteiger partial charge in [-0.1, -0.05) is 454 Å². The van der Waals surface area contributed by atoms with Crippen LogP contribution in [0.2, 0.25) is 0 Å². The number of hydrogen-bond donors (Lipinski definition) is 0. The summed E-state index contributed by atoms with van der Waals surface area (Å²) in [5.41, 5.74) is 30.2. The van der Waals surface area contributed by atoms with Crippen molar-refractivity contribution in [3.8, 4) is 11.5 Å². The van der Waals surface area contributed by atoms with Crippen molar-refractivity contribution in [1.82, 2.24) is 0 Å². The van der Waals surface area contributed by atoms with Gasteiger partial charge in [0.25, 0.3) is 0 Å². The van der Waals surface area contributed by atoms with E-state index in [4.69, 9.17) is 4.74 Å². The van der Waals surface area contributed by atoms with Crippen LogP contribution < -0.4 is 4.74 Å². The van der Waals surface area contributed by atoms with Gasteiger partial charge in [0, 0.05) is 59.7 Å². The van der Waals surface area contributed by atoms with E-state index < -0.39 is 0 Å². The largest absolute Gasteiger partial charge is 0.457 e. The summed E-state index contributed by atoms with van der Waals surface area (Å²) >= 11 is 1.80. The molecule has 660 valence electrons. The van der Waals surface area contributed by atoms with E-state index in [1.807, 2.05) is 373 Å². The van der Waals surface area contributed by atoms with Crippen LogP contribution in [-0.4, -0.2) is 28.9 Å². The van der Waals surface area contributed by atoms with Gasteiger partial charge in [-0.25, -0.2) is 0 Å². The topological polar surface area (TPSA) is 94.6 Å². The Morgan fingerprint density at radius 1 is 0.214 bits per heavy atom. The monoisotopic (exact) mass is 1740 g/mol. The van der Waals surface area contributed by atoms with E-state index in [2.05, 4.69) is 152 Å². The van der Waals surface area contributed by atoms with Crippen molar-refractivity contribution in [3.05, 3.63) is 556 Å². The quantitative estimate of drug-likeness (QED) is 0.0624. The van der Waals surface area contributed by atoms with Gasteiger partial charge >= 0.3 is 0 Å². The SMILES string of the molecule is Cc1ccc(C(=O)c2ccc(C)cc2)cc1.Cc1ccc(C(=O)c2cccc(C)c2)cc1.Cc1ccc(C(=O)c2cccc(C)c2)cc1.Cc1ccc(C(C)(C)c2ccc(C)cc2)cc1.Cc1ccc(C=CC(=O)c2ccc(C)cc2)cc1.Cc1ccc(C=CC(=O)c2ccc(C)cc2)cc1.Cc1ccc(Oc2ccc(C)cc2)cc1.Cc1ccc(Sc2ccc(C)cc2)cc1. The number of aryl methyl sites for hydroxylation is 16. The molecule has 0 aliphatic heterocycles. The second-order valence-corrected chi connectivity index (χ2v) is 35.1. The highest BCUT2D eigenvalue weighted by Crippen LogP contribution is 2.33. The first-order chi connectivity index (χ1) is 62.8. The summed E-state index contributed by atoms with van der Waals surface area (Å²) in [6.07, 6.45) is 6.94. The Hall–Kier alpha value is -14.5. The average molecular weight is 1740 g/mol. The van der Waals surface area contributed by atoms with Gasteiger partial charge in [0.1, 0.15) is 11.5 Å². The lowest BCUT2D eigenvalue weighted by Gasteiger charge is -2.26. The summed E-state index contributed by atoms with van der Waals surface area (Å²) in [5.74, 6) is 2.09. The Labute approximate surface area is 783 Å². The number of rotatable bonds is 18. The highest BCUT2D eigenvalue weighted by molar-refractivity contribution is 7.99. The van der Waals surface area contributed by atoms with Crippen LogP contribution in [0.4, 0.5) is 0 Å². The van der Waals surface area contributed by atoms with E-state index >= 15 is 0 Å². The van der Waals surface area contributed by atoms with Gasteiger partial charge in [-0.2, -0.15) is 0 Å². The van der Waals surface area contributed by atoms with Crippen LogP contribution in [0.15, 0.2) is 410 Å². The van der Waals surface area contributed by atoms with Gasteiger partial charge in [-0.15, -0.1) is 0 Å². The second kappa shape index (κ2) is 50.9. The fourth-order valence-corrected chi connectivity index (χ4v) is 13.8. The normalized spacial score (nSPS) is 10.5. The molecule has 0 spiro atoms. The summed E-state index contributed by atoms with van der Waals surface area (Å²) in [4.78, 5) is 62.7. The Balaban J connectivity index is 0.000000169. The molecular formula is C124H122O6S. The lowest BCUT2D eigenvalue weighted by Crippen LogP contribution is -2.18. The molecule has 0 atom stereocenters. The van der Waals surface area contributed by atoms with Crippen molar-refractivity contribution in [2.75, 3.05) is 0 Å². The van der Waals surface area contributed by atoms with Crippen LogP contribution in [0.3, 0.4) is 0 Å². The second-order valence-electron chi connectivity index (χ2n) is 34.0. The highest BCUT2D eigenvalue weighted by Gasteiger charge is 2.23. The Morgan fingerprint density at radius 2 is 0.412 bits per heavy atom. The van der Waals surface area contributed by atoms with Crippen molar-refractivity contribution >= 4 is 52.8 Å². The number of hydrogen-bond acceptors (Lipinski definition) is 7. The summed E-state index contributed by atoms with van der Waals surface area (Å²) in [7, 11) is 0. The van der Waals surface area contributed by atoms with Crippen LogP contribution in [0.1, 0.15) is 194 Å². The predicted octanol–water partition coefficient (Wildman–Crippen LogP) is 32.2. The molecular weight excluding hydrogens is 1620 g/mol. The van der Waals surface area contributed by atoms with Crippen molar-refractivity contribution in [2.24, 2.45) is 0 Å². The first kappa shape index (κ1) is 100. The van der Waals surface area contributed by atoms with E-state index in [9.17, 15) is 24.0 Å². The summed E-state index contributed by atoms with van der Waals surface area (Å²) in [5, 5.41) is 0. The van der Waals surface area contributed by atoms with Crippen molar-refractivity contribution in [3.63, 3.8) is 0 Å². The van der Waals surface area contributed by atoms with E-state index in [1.54, 1.807) is 23.9 Å². The Bertz CT molecular complexity index is 5870. The number of ether oxygens (including phenoxy) is 1. The average Bonchev–Trinajstić information content (AvgIpc) is 0.805. The van der Waals surface area contributed by atoms with Crippen LogP contribution in [0.25, 0.3) is 12.2 Å². The third-order valence-corrected chi connectivity index (χ3v) is 22.6. The predicted molar refractivity (Wildman–Crippen MR) is 552 cm³/mol. The van der Waals surface area contributed by atoms with Crippen LogP contribution in [0, 0.1) is 111 Å². The molecule has 131 heavy (non-hydrogen) atoms. The standard InChI is InChI=1S/2C17H16O.C17H20.3C15H14O.C14H14O.C14H14S/c2*1-13-3-7-15(8-4-13)9-12-17(18)16-10-5-14(2)6-11-16;1-13-5-9-15(10-6-13)17(3,4)16-11-7-14(2)8-12-16;1-11-3-7-13(8-4-11)15(16)14-9-5-12(2)6-10-14;2*1-11-6-8-13(9-7-11)15(16)14-5-3-4-12(2)10-14;2*1-11-3-7-13(8-4-11)15-14-9-5-12(2)6-10-14/h2*3-12H,1-2H3;5-12H,1-4H3;3*3-10H,1-2H3;2*3-10H,1-2H3. The van der Waals surface area contributed by atoms with Crippen molar-refractivity contribution in [2.45, 2.75) is 140 Å². The molecule has 0 heterocycles. The molecule has 0 aromatic heterocycles. The van der Waals surface area contributed by atoms with Crippen LogP contribution in [0.5, 0.6) is 11.5 Å². The lowest BCUT2D eigenvalue weighted by molar-refractivity contribution is 0.103. The van der Waals surface area contributed by atoms with Gasteiger partial charge in [-0.05, 0) is 206 Å². The number of carbonyl (C=O) groups is 5. The zero-order valence-electron chi connectivity index (χ0n) is 79.1. The number of allylic oxidation sites excluding steroid dienone is 2. The van der Waals surface area contributed by atoms with E-state index in [0.29, 0.717) is 0 Å². The Kier molecular flexibility index (Phi) is 38.9. The minimum Gasteiger partial charge on any atom is -0.457 e. The first-order valence-electron chi connectivity index (χ1n) is 44.3. The third kappa shape index (κ3) is 34.6. The molecule has 0 bridgehead atoms. The van der Waals surface area contributed by atoms with Gasteiger partial charge in [-0.3, -0.25) is 24.0 Å². The number of ketones is 5. The zero-order chi connectivity index (χ0) is 94.4. The molecule has 0 unspecified atom stereocenters. The smallest absolute Gasteiger partial charge is 0.193 e. The van der Waals surface area contributed by atoms with Gasteiger partial charge in [0.2, 0.25) is 0 Å². The zero-order valence-corrected chi connectivity index (χ0v) is 79.9. The van der Waals surface area contributed by atoms with Gasteiger partial charge < -0.3 is 4.74 Å². The van der Waals surface area contributed by atoms with E-state index in [0.717, 1.165) is 89.4 Å². The molecule has 0 N–H and O–H groups in total. The Morgan fingerprint density at radius 3 is 0.649 bits per heavy atom. The fourth-order valence-electron chi connectivity index (χ4n) is 13.0. The van der Waals surface area contributed by atoms with Crippen molar-refractivity contribution < 1.29 is 28.7 Å². The van der Waals surface area contributed by atoms with Crippen LogP contribution in [-0.2, 0) is 5.41 Å². The fraction of sp³-hybridized carbons (Fsp3) is 0.153. The first-order valence-corrected chi connectivity index (χ1v) is 45.1. The van der Waals surface area contributed by atoms with E-state index in [-0.39, 0.29) is 34.3 Å². The molecule has 16 aromatic carbocycles. The molecule has 7 heteroatoms. The van der Waals surface area contributed by atoms with Crippen LogP contribution >= 0.6 is 11.8 Å². The number of benzene rings is 16. The minimum atomic E-state index is 0.0376. The number of carbonyl (C=O) groups excluding carboxylic acids is 5.